The number of aliphatic hydroxyl groups is 1. The molecule has 0 spiro atoms. The van der Waals surface area contributed by atoms with Crippen LogP contribution in [0.3, 0.4) is 0 Å². The number of aliphatic hydroxyl groups excluding tert-OH is 1. The van der Waals surface area contributed by atoms with E-state index in [4.69, 9.17) is 0 Å². The summed E-state index contributed by atoms with van der Waals surface area (Å²) in [5.41, 5.74) is 2.80. The molecule has 0 unspecified atom stereocenters. The molecule has 1 atom stereocenters. The van der Waals surface area contributed by atoms with Crippen LogP contribution in [-0.4, -0.2) is 51.4 Å². The second-order valence-corrected chi connectivity index (χ2v) is 9.44. The molecule has 0 radical (unpaired) electrons. The van der Waals surface area contributed by atoms with Gasteiger partial charge in [0.2, 0.25) is 5.91 Å². The minimum atomic E-state index is -3.23. The minimum Gasteiger partial charge on any atom is -0.469 e. The summed E-state index contributed by atoms with van der Waals surface area (Å²) in [5, 5.41) is 12.4. The molecule has 0 bridgehead atoms. The van der Waals surface area contributed by atoms with E-state index < -0.39 is 15.9 Å². The largest absolute Gasteiger partial charge is 0.469 e. The lowest BCUT2D eigenvalue weighted by Gasteiger charge is -2.17. The molecule has 0 aliphatic carbocycles. The molecule has 2 rings (SSSR count). The summed E-state index contributed by atoms with van der Waals surface area (Å²) in [6.07, 6.45) is 3.39. The Morgan fingerprint density at radius 3 is 2.03 bits per heavy atom. The number of ether oxygens (including phenoxy) is 1. The van der Waals surface area contributed by atoms with Crippen LogP contribution in [0.25, 0.3) is 11.1 Å². The van der Waals surface area contributed by atoms with Crippen molar-refractivity contribution in [3.8, 4) is 11.1 Å². The predicted molar refractivity (Wildman–Crippen MR) is 118 cm³/mol. The van der Waals surface area contributed by atoms with Crippen LogP contribution in [-0.2, 0) is 30.6 Å². The lowest BCUT2D eigenvalue weighted by Crippen LogP contribution is -2.39. The van der Waals surface area contributed by atoms with Crippen LogP contribution in [0.15, 0.2) is 53.4 Å². The minimum absolute atomic E-state index is 0.161. The third-order valence-corrected chi connectivity index (χ3v) is 6.03. The van der Waals surface area contributed by atoms with E-state index in [1.807, 2.05) is 24.3 Å². The maximum Gasteiger partial charge on any atom is 0.305 e. The number of sulfone groups is 1. The first-order chi connectivity index (χ1) is 14.7. The van der Waals surface area contributed by atoms with E-state index in [0.29, 0.717) is 19.3 Å². The highest BCUT2D eigenvalue weighted by Crippen LogP contribution is 2.22. The number of rotatable bonds is 11. The Morgan fingerprint density at radius 1 is 0.968 bits per heavy atom. The molecule has 0 heterocycles. The second kappa shape index (κ2) is 11.6. The van der Waals surface area contributed by atoms with Gasteiger partial charge in [0.15, 0.2) is 9.84 Å². The number of hydrogen-bond donors (Lipinski definition) is 2. The molecule has 0 aliphatic rings. The number of esters is 1. The summed E-state index contributed by atoms with van der Waals surface area (Å²) in [4.78, 5) is 23.4. The molecule has 31 heavy (non-hydrogen) atoms. The van der Waals surface area contributed by atoms with Crippen molar-refractivity contribution in [2.45, 2.75) is 43.0 Å². The third kappa shape index (κ3) is 8.15. The average Bonchev–Trinajstić information content (AvgIpc) is 2.76. The zero-order valence-corrected chi connectivity index (χ0v) is 18.7. The summed E-state index contributed by atoms with van der Waals surface area (Å²) >= 11 is 0. The highest BCUT2D eigenvalue weighted by molar-refractivity contribution is 7.90. The van der Waals surface area contributed by atoms with Crippen molar-refractivity contribution >= 4 is 21.7 Å². The first-order valence-corrected chi connectivity index (χ1v) is 12.0. The summed E-state index contributed by atoms with van der Waals surface area (Å²) in [6, 6.07) is 14.0. The van der Waals surface area contributed by atoms with Crippen LogP contribution >= 0.6 is 0 Å². The molecule has 2 aromatic carbocycles. The standard InChI is InChI=1S/C23H29NO6S/c1-30-23(27)6-4-3-5-22(26)24-20(16-25)15-17-7-9-18(10-8-17)19-11-13-21(14-12-19)31(2,28)29/h7-14,20,25H,3-6,15-16H2,1-2H3,(H,24,26)/t20-/m0/s1. The van der Waals surface area contributed by atoms with Crippen molar-refractivity contribution in [1.82, 2.24) is 5.32 Å². The Labute approximate surface area is 183 Å². The van der Waals surface area contributed by atoms with Gasteiger partial charge < -0.3 is 15.2 Å². The third-order valence-electron chi connectivity index (χ3n) is 4.90. The van der Waals surface area contributed by atoms with E-state index in [0.717, 1.165) is 16.7 Å². The van der Waals surface area contributed by atoms with Gasteiger partial charge in [0.05, 0.1) is 24.7 Å². The lowest BCUT2D eigenvalue weighted by atomic mass is 10.0. The number of unbranched alkanes of at least 4 members (excludes halogenated alkanes) is 1. The van der Waals surface area contributed by atoms with E-state index in [-0.39, 0.29) is 36.2 Å². The molecule has 1 amide bonds. The van der Waals surface area contributed by atoms with Crippen molar-refractivity contribution in [2.75, 3.05) is 20.0 Å². The van der Waals surface area contributed by atoms with Crippen molar-refractivity contribution in [1.29, 1.82) is 0 Å². The molecule has 7 nitrogen and oxygen atoms in total. The SMILES string of the molecule is COC(=O)CCCCC(=O)N[C@H](CO)Cc1ccc(-c2ccc(S(C)(=O)=O)cc2)cc1. The fourth-order valence-corrected chi connectivity index (χ4v) is 3.76. The van der Waals surface area contributed by atoms with Gasteiger partial charge in [0.1, 0.15) is 0 Å². The molecule has 0 saturated carbocycles. The Kier molecular flexibility index (Phi) is 9.21. The number of benzene rings is 2. The van der Waals surface area contributed by atoms with Crippen molar-refractivity contribution in [3.05, 3.63) is 54.1 Å². The number of carbonyl (C=O) groups is 2. The Balaban J connectivity index is 1.88. The molecule has 0 aromatic heterocycles. The van der Waals surface area contributed by atoms with Gasteiger partial charge in [-0.05, 0) is 48.1 Å². The molecule has 2 aromatic rings. The van der Waals surface area contributed by atoms with Crippen LogP contribution in [0.1, 0.15) is 31.2 Å². The van der Waals surface area contributed by atoms with Gasteiger partial charge in [0.25, 0.3) is 0 Å². The van der Waals surface area contributed by atoms with Gasteiger partial charge in [-0.3, -0.25) is 9.59 Å². The normalized spacial score (nSPS) is 12.2. The van der Waals surface area contributed by atoms with Gasteiger partial charge in [-0.15, -0.1) is 0 Å². The fourth-order valence-electron chi connectivity index (χ4n) is 3.13. The van der Waals surface area contributed by atoms with E-state index in [1.54, 1.807) is 24.3 Å². The Bertz CT molecular complexity index is 968. The molecular formula is C23H29NO6S. The quantitative estimate of drug-likeness (QED) is 0.405. The zero-order chi connectivity index (χ0) is 22.9. The topological polar surface area (TPSA) is 110 Å². The molecular weight excluding hydrogens is 418 g/mol. The number of methoxy groups -OCH3 is 1. The van der Waals surface area contributed by atoms with Gasteiger partial charge in [-0.25, -0.2) is 8.42 Å². The van der Waals surface area contributed by atoms with Crippen molar-refractivity contribution in [2.24, 2.45) is 0 Å². The smallest absolute Gasteiger partial charge is 0.305 e. The summed E-state index contributed by atoms with van der Waals surface area (Å²) in [6.45, 7) is -0.178. The maximum absolute atomic E-state index is 12.1. The van der Waals surface area contributed by atoms with Crippen molar-refractivity contribution in [3.63, 3.8) is 0 Å². The molecule has 0 saturated heterocycles. The highest BCUT2D eigenvalue weighted by Gasteiger charge is 2.13. The summed E-state index contributed by atoms with van der Waals surface area (Å²) in [5.74, 6) is -0.449. The molecule has 8 heteroatoms. The maximum atomic E-state index is 12.1. The number of amides is 1. The predicted octanol–water partition coefficient (Wildman–Crippen LogP) is 2.51. The Hall–Kier alpha value is -2.71. The van der Waals surface area contributed by atoms with E-state index >= 15 is 0 Å². The van der Waals surface area contributed by atoms with Gasteiger partial charge >= 0.3 is 5.97 Å². The summed E-state index contributed by atoms with van der Waals surface area (Å²) < 4.78 is 27.7. The van der Waals surface area contributed by atoms with Gasteiger partial charge in [-0.2, -0.15) is 0 Å². The summed E-state index contributed by atoms with van der Waals surface area (Å²) in [7, 11) is -1.89. The van der Waals surface area contributed by atoms with Crippen LogP contribution in [0, 0.1) is 0 Å². The van der Waals surface area contributed by atoms with Crippen LogP contribution < -0.4 is 5.32 Å². The number of carbonyl (C=O) groups excluding carboxylic acids is 2. The molecule has 0 aliphatic heterocycles. The van der Waals surface area contributed by atoms with Gasteiger partial charge in [0, 0.05) is 19.1 Å². The van der Waals surface area contributed by atoms with Crippen LogP contribution in [0.2, 0.25) is 0 Å². The second-order valence-electron chi connectivity index (χ2n) is 7.43. The first kappa shape index (κ1) is 24.6. The number of hydrogen-bond acceptors (Lipinski definition) is 6. The number of nitrogens with one attached hydrogen (secondary N) is 1. The monoisotopic (exact) mass is 447 g/mol. The lowest BCUT2D eigenvalue weighted by molar-refractivity contribution is -0.140. The molecule has 168 valence electrons. The molecule has 2 N–H and O–H groups in total. The zero-order valence-electron chi connectivity index (χ0n) is 17.8. The average molecular weight is 448 g/mol. The van der Waals surface area contributed by atoms with E-state index in [2.05, 4.69) is 10.1 Å². The van der Waals surface area contributed by atoms with E-state index in [9.17, 15) is 23.1 Å². The highest BCUT2D eigenvalue weighted by atomic mass is 32.2. The fraction of sp³-hybridized carbons (Fsp3) is 0.391. The van der Waals surface area contributed by atoms with Crippen LogP contribution in [0.5, 0.6) is 0 Å². The first-order valence-electron chi connectivity index (χ1n) is 10.1. The molecule has 0 fully saturated rings. The Morgan fingerprint density at radius 2 is 1.52 bits per heavy atom. The van der Waals surface area contributed by atoms with Crippen molar-refractivity contribution < 1.29 is 27.9 Å². The van der Waals surface area contributed by atoms with Crippen LogP contribution in [0.4, 0.5) is 0 Å². The van der Waals surface area contributed by atoms with Gasteiger partial charge in [-0.1, -0.05) is 36.4 Å². The van der Waals surface area contributed by atoms with E-state index in [1.165, 1.54) is 13.4 Å².